The van der Waals surface area contributed by atoms with Crippen LogP contribution in [-0.2, 0) is 9.59 Å². The second-order valence-electron chi connectivity index (χ2n) is 5.92. The molecule has 0 unspecified atom stereocenters. The number of hydrogen-bond acceptors (Lipinski definition) is 4. The molecule has 0 aliphatic heterocycles. The number of nitrogens with one attached hydrogen (secondary N) is 2. The Morgan fingerprint density at radius 1 is 1.13 bits per heavy atom. The van der Waals surface area contributed by atoms with Crippen molar-refractivity contribution in [3.63, 3.8) is 0 Å². The summed E-state index contributed by atoms with van der Waals surface area (Å²) < 4.78 is 5.53. The fourth-order valence-electron chi connectivity index (χ4n) is 1.93. The molecule has 128 valence electrons. The first-order valence-electron chi connectivity index (χ1n) is 7.85. The fourth-order valence-corrected chi connectivity index (χ4v) is 1.93. The average molecular weight is 321 g/mol. The number of benzene rings is 1. The van der Waals surface area contributed by atoms with Gasteiger partial charge in [-0.3, -0.25) is 9.59 Å². The third-order valence-corrected chi connectivity index (χ3v) is 2.94. The molecular weight excluding hydrogens is 294 g/mol. The first-order chi connectivity index (χ1) is 10.9. The summed E-state index contributed by atoms with van der Waals surface area (Å²) in [5.41, 5.74) is 0.645. The minimum atomic E-state index is -0.326. The number of hydrogen-bond donors (Lipinski definition) is 2. The van der Waals surface area contributed by atoms with E-state index in [1.807, 2.05) is 32.8 Å². The van der Waals surface area contributed by atoms with Crippen molar-refractivity contribution in [1.29, 1.82) is 0 Å². The number of carbonyl (C=O) groups excluding carboxylic acids is 2. The second kappa shape index (κ2) is 9.84. The van der Waals surface area contributed by atoms with Crippen LogP contribution < -0.4 is 15.4 Å². The molecule has 0 atom stereocenters. The van der Waals surface area contributed by atoms with Crippen molar-refractivity contribution in [2.45, 2.75) is 32.8 Å². The van der Waals surface area contributed by atoms with Crippen molar-refractivity contribution < 1.29 is 14.3 Å². The maximum atomic E-state index is 11.8. The predicted molar refractivity (Wildman–Crippen MR) is 91.6 cm³/mol. The van der Waals surface area contributed by atoms with Crippen LogP contribution in [0.4, 0.5) is 5.69 Å². The van der Waals surface area contributed by atoms with E-state index < -0.39 is 0 Å². The normalized spacial score (nSPS) is 10.7. The first-order valence-corrected chi connectivity index (χ1v) is 7.85. The van der Waals surface area contributed by atoms with Crippen molar-refractivity contribution >= 4 is 17.5 Å². The predicted octanol–water partition coefficient (Wildman–Crippen LogP) is 1.87. The molecule has 0 saturated carbocycles. The molecule has 2 amide bonds. The molecule has 23 heavy (non-hydrogen) atoms. The van der Waals surface area contributed by atoms with Gasteiger partial charge in [-0.05, 0) is 65.2 Å². The van der Waals surface area contributed by atoms with E-state index in [1.165, 1.54) is 0 Å². The van der Waals surface area contributed by atoms with Crippen LogP contribution >= 0.6 is 0 Å². The summed E-state index contributed by atoms with van der Waals surface area (Å²) in [6.45, 7) is 5.38. The van der Waals surface area contributed by atoms with Gasteiger partial charge in [-0.2, -0.15) is 0 Å². The van der Waals surface area contributed by atoms with Crippen molar-refractivity contribution in [3.8, 4) is 5.75 Å². The Bertz CT molecular complexity index is 498. The van der Waals surface area contributed by atoms with Gasteiger partial charge in [0.15, 0.2) is 0 Å². The third kappa shape index (κ3) is 8.83. The summed E-state index contributed by atoms with van der Waals surface area (Å²) in [7, 11) is 3.96. The van der Waals surface area contributed by atoms with Crippen molar-refractivity contribution in [2.75, 3.05) is 32.5 Å². The fraction of sp³-hybridized carbons (Fsp3) is 0.529. The van der Waals surface area contributed by atoms with E-state index in [-0.39, 0.29) is 24.3 Å². The molecule has 0 heterocycles. The monoisotopic (exact) mass is 321 g/mol. The Labute approximate surface area is 138 Å². The Morgan fingerprint density at radius 2 is 1.78 bits per heavy atom. The summed E-state index contributed by atoms with van der Waals surface area (Å²) in [5, 5.41) is 5.44. The minimum absolute atomic E-state index is 0.103. The number of nitrogens with zero attached hydrogens (tertiary/aromatic N) is 1. The molecule has 0 aromatic heterocycles. The van der Waals surface area contributed by atoms with E-state index in [2.05, 4.69) is 10.6 Å². The first kappa shape index (κ1) is 19.0. The average Bonchev–Trinajstić information content (AvgIpc) is 2.45. The van der Waals surface area contributed by atoms with Gasteiger partial charge >= 0.3 is 0 Å². The van der Waals surface area contributed by atoms with Crippen LogP contribution in [0.25, 0.3) is 0 Å². The van der Waals surface area contributed by atoms with Crippen molar-refractivity contribution in [1.82, 2.24) is 10.2 Å². The van der Waals surface area contributed by atoms with E-state index in [1.54, 1.807) is 24.3 Å². The van der Waals surface area contributed by atoms with E-state index in [4.69, 9.17) is 4.74 Å². The van der Waals surface area contributed by atoms with Crippen LogP contribution in [0.1, 0.15) is 26.7 Å². The Balaban J connectivity index is 2.31. The molecule has 0 aliphatic carbocycles. The van der Waals surface area contributed by atoms with Gasteiger partial charge in [0.2, 0.25) is 11.8 Å². The van der Waals surface area contributed by atoms with E-state index in [9.17, 15) is 9.59 Å². The number of anilines is 1. The zero-order valence-corrected chi connectivity index (χ0v) is 14.4. The second-order valence-corrected chi connectivity index (χ2v) is 5.92. The van der Waals surface area contributed by atoms with Gasteiger partial charge in [0, 0.05) is 12.2 Å². The molecular formula is C17H27N3O3. The molecule has 1 aromatic carbocycles. The highest BCUT2D eigenvalue weighted by Crippen LogP contribution is 2.16. The number of carbonyl (C=O) groups is 2. The molecule has 1 rings (SSSR count). The zero-order chi connectivity index (χ0) is 17.2. The van der Waals surface area contributed by atoms with Crippen LogP contribution in [0.2, 0.25) is 0 Å². The van der Waals surface area contributed by atoms with Gasteiger partial charge < -0.3 is 20.3 Å². The van der Waals surface area contributed by atoms with Crippen molar-refractivity contribution in [2.24, 2.45) is 0 Å². The van der Waals surface area contributed by atoms with E-state index >= 15 is 0 Å². The van der Waals surface area contributed by atoms with Crippen molar-refractivity contribution in [3.05, 3.63) is 24.3 Å². The topological polar surface area (TPSA) is 70.7 Å². The highest BCUT2D eigenvalue weighted by molar-refractivity contribution is 6.03. The Kier molecular flexibility index (Phi) is 8.11. The zero-order valence-electron chi connectivity index (χ0n) is 14.4. The highest BCUT2D eigenvalue weighted by Gasteiger charge is 2.09. The molecule has 1 aromatic rings. The van der Waals surface area contributed by atoms with Gasteiger partial charge in [0.25, 0.3) is 0 Å². The number of amides is 2. The van der Waals surface area contributed by atoms with E-state index in [0.717, 1.165) is 18.7 Å². The van der Waals surface area contributed by atoms with Crippen LogP contribution in [0, 0.1) is 0 Å². The number of rotatable bonds is 9. The summed E-state index contributed by atoms with van der Waals surface area (Å²) in [6, 6.07) is 7.09. The summed E-state index contributed by atoms with van der Waals surface area (Å²) in [4.78, 5) is 25.5. The summed E-state index contributed by atoms with van der Waals surface area (Å²) >= 11 is 0. The quantitative estimate of drug-likeness (QED) is 0.538. The molecule has 0 saturated heterocycles. The Morgan fingerprint density at radius 3 is 2.35 bits per heavy atom. The van der Waals surface area contributed by atoms with Crippen LogP contribution in [-0.4, -0.2) is 50.0 Å². The Hall–Kier alpha value is -2.08. The standard InChI is InChI=1S/C17H27N3O3/c1-13(2)23-15-8-6-14(7-9-15)19-17(22)12-16(21)18-10-5-11-20(3)4/h6-9,13H,5,10-12H2,1-4H3,(H,18,21)(H,19,22). The lowest BCUT2D eigenvalue weighted by molar-refractivity contribution is -0.126. The molecule has 0 aliphatic rings. The lowest BCUT2D eigenvalue weighted by atomic mass is 10.2. The lowest BCUT2D eigenvalue weighted by Gasteiger charge is -2.11. The van der Waals surface area contributed by atoms with Gasteiger partial charge in [-0.25, -0.2) is 0 Å². The maximum absolute atomic E-state index is 11.8. The van der Waals surface area contributed by atoms with Crippen LogP contribution in [0.3, 0.4) is 0 Å². The summed E-state index contributed by atoms with van der Waals surface area (Å²) in [5.74, 6) is 0.158. The smallest absolute Gasteiger partial charge is 0.233 e. The van der Waals surface area contributed by atoms with Gasteiger partial charge in [-0.1, -0.05) is 0 Å². The SMILES string of the molecule is CC(C)Oc1ccc(NC(=O)CC(=O)NCCCN(C)C)cc1. The maximum Gasteiger partial charge on any atom is 0.233 e. The third-order valence-electron chi connectivity index (χ3n) is 2.94. The van der Waals surface area contributed by atoms with Gasteiger partial charge in [0.1, 0.15) is 12.2 Å². The minimum Gasteiger partial charge on any atom is -0.491 e. The largest absolute Gasteiger partial charge is 0.491 e. The molecule has 2 N–H and O–H groups in total. The molecule has 6 heteroatoms. The molecule has 0 fully saturated rings. The molecule has 0 bridgehead atoms. The van der Waals surface area contributed by atoms with Crippen LogP contribution in [0.15, 0.2) is 24.3 Å². The van der Waals surface area contributed by atoms with Gasteiger partial charge in [0.05, 0.1) is 6.10 Å². The summed E-state index contributed by atoms with van der Waals surface area (Å²) in [6.07, 6.45) is 0.788. The van der Waals surface area contributed by atoms with Crippen LogP contribution in [0.5, 0.6) is 5.75 Å². The van der Waals surface area contributed by atoms with Gasteiger partial charge in [-0.15, -0.1) is 0 Å². The molecule has 0 spiro atoms. The molecule has 0 radical (unpaired) electrons. The lowest BCUT2D eigenvalue weighted by Crippen LogP contribution is -2.30. The molecule has 6 nitrogen and oxygen atoms in total. The highest BCUT2D eigenvalue weighted by atomic mass is 16.5. The van der Waals surface area contributed by atoms with E-state index in [0.29, 0.717) is 12.2 Å². The number of ether oxygens (including phenoxy) is 1.